The molecule has 0 saturated carbocycles. The lowest BCUT2D eigenvalue weighted by atomic mass is 10.0. The first-order valence-electron chi connectivity index (χ1n) is 10.3. The molecule has 0 radical (unpaired) electrons. The summed E-state index contributed by atoms with van der Waals surface area (Å²) >= 11 is 0. The molecule has 31 heavy (non-hydrogen) atoms. The normalized spacial score (nSPS) is 13.2. The van der Waals surface area contributed by atoms with Gasteiger partial charge in [-0.25, -0.2) is 9.67 Å². The number of fused-ring (bicyclic) bond motifs is 1. The van der Waals surface area contributed by atoms with Crippen LogP contribution in [0.25, 0.3) is 5.69 Å². The Bertz CT molecular complexity index is 1230. The van der Waals surface area contributed by atoms with Crippen molar-refractivity contribution >= 4 is 17.6 Å². The Morgan fingerprint density at radius 1 is 1.10 bits per heavy atom. The van der Waals surface area contributed by atoms with Gasteiger partial charge in [0.25, 0.3) is 0 Å². The zero-order chi connectivity index (χ0) is 21.4. The van der Waals surface area contributed by atoms with Gasteiger partial charge >= 0.3 is 0 Å². The summed E-state index contributed by atoms with van der Waals surface area (Å²) in [5.41, 5.74) is 5.50. The first-order chi connectivity index (χ1) is 15.1. The molecule has 2 aromatic heterocycles. The van der Waals surface area contributed by atoms with Crippen LogP contribution in [0.3, 0.4) is 0 Å². The van der Waals surface area contributed by atoms with Gasteiger partial charge < -0.3 is 19.5 Å². The number of anilines is 3. The van der Waals surface area contributed by atoms with Crippen LogP contribution < -0.4 is 15.0 Å². The summed E-state index contributed by atoms with van der Waals surface area (Å²) in [6.45, 7) is 3.73. The SMILES string of the molecule is COc1cc(Nc2nc(N3CCc4ccccc4C3)n(C)n2)ccc1-n1cnc(C)c1. The molecule has 158 valence electrons. The molecule has 0 fully saturated rings. The van der Waals surface area contributed by atoms with Crippen molar-refractivity contribution in [3.05, 3.63) is 71.8 Å². The van der Waals surface area contributed by atoms with Crippen LogP contribution in [0.5, 0.6) is 5.75 Å². The van der Waals surface area contributed by atoms with E-state index in [0.29, 0.717) is 5.95 Å². The Labute approximate surface area is 181 Å². The molecule has 1 aliphatic heterocycles. The van der Waals surface area contributed by atoms with Crippen LogP contribution in [-0.4, -0.2) is 38.0 Å². The van der Waals surface area contributed by atoms with Gasteiger partial charge in [-0.05, 0) is 36.6 Å². The molecule has 0 atom stereocenters. The van der Waals surface area contributed by atoms with E-state index < -0.39 is 0 Å². The fourth-order valence-corrected chi connectivity index (χ4v) is 4.02. The Morgan fingerprint density at radius 2 is 1.94 bits per heavy atom. The van der Waals surface area contributed by atoms with Crippen molar-refractivity contribution in [2.75, 3.05) is 23.9 Å². The van der Waals surface area contributed by atoms with E-state index in [9.17, 15) is 0 Å². The third-order valence-electron chi connectivity index (χ3n) is 5.58. The molecule has 0 bridgehead atoms. The van der Waals surface area contributed by atoms with E-state index in [1.807, 2.05) is 47.6 Å². The lowest BCUT2D eigenvalue weighted by Gasteiger charge is -2.28. The van der Waals surface area contributed by atoms with Crippen molar-refractivity contribution in [2.45, 2.75) is 19.9 Å². The van der Waals surface area contributed by atoms with Crippen LogP contribution >= 0.6 is 0 Å². The van der Waals surface area contributed by atoms with E-state index in [-0.39, 0.29) is 0 Å². The highest BCUT2D eigenvalue weighted by molar-refractivity contribution is 5.62. The van der Waals surface area contributed by atoms with E-state index in [1.54, 1.807) is 13.4 Å². The van der Waals surface area contributed by atoms with Crippen molar-refractivity contribution in [1.29, 1.82) is 0 Å². The molecule has 0 aliphatic carbocycles. The van der Waals surface area contributed by atoms with Gasteiger partial charge in [0.1, 0.15) is 5.75 Å². The summed E-state index contributed by atoms with van der Waals surface area (Å²) in [6, 6.07) is 14.5. The number of methoxy groups -OCH3 is 1. The molecule has 5 rings (SSSR count). The van der Waals surface area contributed by atoms with Gasteiger partial charge in [-0.1, -0.05) is 24.3 Å². The van der Waals surface area contributed by atoms with Gasteiger partial charge in [-0.3, -0.25) is 0 Å². The summed E-state index contributed by atoms with van der Waals surface area (Å²) in [5.74, 6) is 2.16. The highest BCUT2D eigenvalue weighted by Crippen LogP contribution is 2.29. The molecule has 2 aromatic carbocycles. The monoisotopic (exact) mass is 415 g/mol. The average Bonchev–Trinajstić information content (AvgIpc) is 3.38. The van der Waals surface area contributed by atoms with Crippen LogP contribution in [0, 0.1) is 6.92 Å². The van der Waals surface area contributed by atoms with E-state index >= 15 is 0 Å². The van der Waals surface area contributed by atoms with Crippen LogP contribution in [0.2, 0.25) is 0 Å². The largest absolute Gasteiger partial charge is 0.494 e. The number of hydrogen-bond donors (Lipinski definition) is 1. The lowest BCUT2D eigenvalue weighted by Crippen LogP contribution is -2.32. The molecule has 0 saturated heterocycles. The fraction of sp³-hybridized carbons (Fsp3) is 0.261. The molecular formula is C23H25N7O. The minimum atomic E-state index is 0.560. The number of ether oxygens (including phenoxy) is 1. The predicted molar refractivity (Wildman–Crippen MR) is 120 cm³/mol. The third-order valence-corrected chi connectivity index (χ3v) is 5.58. The third kappa shape index (κ3) is 3.72. The van der Waals surface area contributed by atoms with Crippen LogP contribution in [0.15, 0.2) is 55.0 Å². The minimum Gasteiger partial charge on any atom is -0.494 e. The predicted octanol–water partition coefficient (Wildman–Crippen LogP) is 3.62. The Morgan fingerprint density at radius 3 is 2.71 bits per heavy atom. The van der Waals surface area contributed by atoms with Crippen molar-refractivity contribution in [2.24, 2.45) is 7.05 Å². The maximum atomic E-state index is 5.60. The van der Waals surface area contributed by atoms with Crippen LogP contribution in [-0.2, 0) is 20.0 Å². The minimum absolute atomic E-state index is 0.560. The summed E-state index contributed by atoms with van der Waals surface area (Å²) in [6.07, 6.45) is 4.76. The number of benzene rings is 2. The summed E-state index contributed by atoms with van der Waals surface area (Å²) in [5, 5.41) is 7.88. The average molecular weight is 416 g/mol. The molecule has 0 amide bonds. The molecule has 8 nitrogen and oxygen atoms in total. The number of aryl methyl sites for hydroxylation is 2. The van der Waals surface area contributed by atoms with E-state index in [1.165, 1.54) is 11.1 Å². The number of imidazole rings is 1. The highest BCUT2D eigenvalue weighted by Gasteiger charge is 2.21. The second-order valence-electron chi connectivity index (χ2n) is 7.73. The number of aromatic nitrogens is 5. The molecular weight excluding hydrogens is 390 g/mol. The number of nitrogens with one attached hydrogen (secondary N) is 1. The van der Waals surface area contributed by atoms with Gasteiger partial charge in [0.05, 0.1) is 24.8 Å². The molecule has 0 spiro atoms. The fourth-order valence-electron chi connectivity index (χ4n) is 4.02. The lowest BCUT2D eigenvalue weighted by molar-refractivity contribution is 0.413. The number of hydrogen-bond acceptors (Lipinski definition) is 6. The highest BCUT2D eigenvalue weighted by atomic mass is 16.5. The van der Waals surface area contributed by atoms with Crippen LogP contribution in [0.1, 0.15) is 16.8 Å². The molecule has 1 aliphatic rings. The first-order valence-corrected chi connectivity index (χ1v) is 10.3. The van der Waals surface area contributed by atoms with E-state index in [4.69, 9.17) is 9.72 Å². The molecule has 1 N–H and O–H groups in total. The quantitative estimate of drug-likeness (QED) is 0.537. The second kappa shape index (κ2) is 7.79. The van der Waals surface area contributed by atoms with E-state index in [0.717, 1.165) is 48.3 Å². The first kappa shape index (κ1) is 19.2. The molecule has 3 heterocycles. The summed E-state index contributed by atoms with van der Waals surface area (Å²) < 4.78 is 9.38. The number of nitrogens with zero attached hydrogens (tertiary/aromatic N) is 6. The summed E-state index contributed by atoms with van der Waals surface area (Å²) in [7, 11) is 3.59. The Hall–Kier alpha value is -3.81. The smallest absolute Gasteiger partial charge is 0.248 e. The van der Waals surface area contributed by atoms with Gasteiger partial charge in [-0.15, -0.1) is 5.10 Å². The molecule has 0 unspecified atom stereocenters. The van der Waals surface area contributed by atoms with Crippen molar-refractivity contribution in [3.63, 3.8) is 0 Å². The zero-order valence-corrected chi connectivity index (χ0v) is 17.9. The maximum Gasteiger partial charge on any atom is 0.248 e. The van der Waals surface area contributed by atoms with E-state index in [2.05, 4.69) is 44.6 Å². The van der Waals surface area contributed by atoms with Gasteiger partial charge in [-0.2, -0.15) is 4.98 Å². The number of rotatable bonds is 5. The van der Waals surface area contributed by atoms with Crippen molar-refractivity contribution in [3.8, 4) is 11.4 Å². The second-order valence-corrected chi connectivity index (χ2v) is 7.73. The van der Waals surface area contributed by atoms with Gasteiger partial charge in [0, 0.05) is 38.1 Å². The Balaban J connectivity index is 1.37. The maximum absolute atomic E-state index is 5.60. The standard InChI is InChI=1S/C23H25N7O/c1-16-13-30(15-24-16)20-9-8-19(12-21(20)31-3)25-22-26-23(28(2)27-22)29-11-10-17-6-4-5-7-18(17)14-29/h4-9,12-13,15H,10-11,14H2,1-3H3,(H,25,27). The van der Waals surface area contributed by atoms with Gasteiger partial charge in [0.2, 0.25) is 11.9 Å². The summed E-state index contributed by atoms with van der Waals surface area (Å²) in [4.78, 5) is 11.3. The van der Waals surface area contributed by atoms with Crippen molar-refractivity contribution in [1.82, 2.24) is 24.3 Å². The molecule has 4 aromatic rings. The van der Waals surface area contributed by atoms with Gasteiger partial charge in [0.15, 0.2) is 0 Å². The van der Waals surface area contributed by atoms with Crippen LogP contribution in [0.4, 0.5) is 17.6 Å². The molecule has 8 heteroatoms. The zero-order valence-electron chi connectivity index (χ0n) is 17.9. The Kier molecular flexibility index (Phi) is 4.82. The topological polar surface area (TPSA) is 73.0 Å². The van der Waals surface area contributed by atoms with Crippen molar-refractivity contribution < 1.29 is 4.74 Å².